The van der Waals surface area contributed by atoms with Gasteiger partial charge in [0.15, 0.2) is 11.7 Å². The minimum absolute atomic E-state index is 0.0296. The molecule has 0 N–H and O–H groups in total. The van der Waals surface area contributed by atoms with Crippen LogP contribution in [-0.2, 0) is 28.5 Å². The van der Waals surface area contributed by atoms with E-state index in [0.29, 0.717) is 13.0 Å². The Morgan fingerprint density at radius 3 is 2.76 bits per heavy atom. The second-order valence-electron chi connectivity index (χ2n) is 9.88. The quantitative estimate of drug-likeness (QED) is 0.380. The standard InChI is InChI=1S/C21H25ClO7/c1-10(2)19-13(28-19)14-21(29-14)18(3,7-4-11-6-9-25-15(11)23)8-5-12-20(21,27-12)16(19)26-17(22)24/h6,10,12-14,16H,4-5,7-9H2,1-3H3. The fourth-order valence-corrected chi connectivity index (χ4v) is 7.05. The summed E-state index contributed by atoms with van der Waals surface area (Å²) in [6.45, 7) is 6.69. The van der Waals surface area contributed by atoms with Crippen LogP contribution in [0.3, 0.4) is 0 Å². The molecule has 0 bridgehead atoms. The largest absolute Gasteiger partial charge is 0.458 e. The van der Waals surface area contributed by atoms with Crippen LogP contribution in [0.25, 0.3) is 0 Å². The summed E-state index contributed by atoms with van der Waals surface area (Å²) in [6.07, 6.45) is 4.19. The monoisotopic (exact) mass is 424 g/mol. The summed E-state index contributed by atoms with van der Waals surface area (Å²) in [5.74, 6) is -0.103. The van der Waals surface area contributed by atoms with Crippen molar-refractivity contribution in [3.05, 3.63) is 11.6 Å². The topological polar surface area (TPSA) is 90.2 Å². The van der Waals surface area contributed by atoms with Crippen molar-refractivity contribution < 1.29 is 33.3 Å². The van der Waals surface area contributed by atoms with Gasteiger partial charge in [0.1, 0.15) is 30.0 Å². The summed E-state index contributed by atoms with van der Waals surface area (Å²) < 4.78 is 29.8. The summed E-state index contributed by atoms with van der Waals surface area (Å²) in [7, 11) is 0. The van der Waals surface area contributed by atoms with Crippen LogP contribution in [0.2, 0.25) is 0 Å². The van der Waals surface area contributed by atoms with Gasteiger partial charge >= 0.3 is 11.4 Å². The lowest BCUT2D eigenvalue weighted by molar-refractivity contribution is -0.136. The van der Waals surface area contributed by atoms with Gasteiger partial charge in [-0.05, 0) is 37.7 Å². The van der Waals surface area contributed by atoms with Crippen molar-refractivity contribution in [3.8, 4) is 0 Å². The van der Waals surface area contributed by atoms with Gasteiger partial charge < -0.3 is 23.7 Å². The average molecular weight is 425 g/mol. The highest BCUT2D eigenvalue weighted by Crippen LogP contribution is 2.81. The van der Waals surface area contributed by atoms with Crippen LogP contribution >= 0.6 is 11.6 Å². The number of carbonyl (C=O) groups excluding carboxylic acids is 2. The summed E-state index contributed by atoms with van der Waals surface area (Å²) >= 11 is 5.69. The molecule has 6 aliphatic rings. The molecule has 2 aliphatic carbocycles. The van der Waals surface area contributed by atoms with E-state index < -0.39 is 28.3 Å². The molecule has 2 spiro atoms. The lowest BCUT2D eigenvalue weighted by Gasteiger charge is -2.48. The molecular formula is C21H25ClO7. The summed E-state index contributed by atoms with van der Waals surface area (Å²) in [5, 5.41) is 0. The van der Waals surface area contributed by atoms with Gasteiger partial charge in [0.2, 0.25) is 0 Å². The molecular weight excluding hydrogens is 400 g/mol. The van der Waals surface area contributed by atoms with E-state index in [0.717, 1.165) is 24.8 Å². The van der Waals surface area contributed by atoms with E-state index in [2.05, 4.69) is 20.8 Å². The molecule has 0 radical (unpaired) electrons. The molecule has 3 saturated heterocycles. The number of fused-ring (bicyclic) bond motifs is 2. The second kappa shape index (κ2) is 5.36. The molecule has 0 aromatic carbocycles. The lowest BCUT2D eigenvalue weighted by atomic mass is 9.52. The molecule has 0 aromatic rings. The Labute approximate surface area is 174 Å². The third-order valence-electron chi connectivity index (χ3n) is 8.51. The van der Waals surface area contributed by atoms with Gasteiger partial charge in [0, 0.05) is 22.6 Å². The van der Waals surface area contributed by atoms with Crippen LogP contribution in [-0.4, -0.2) is 59.2 Å². The van der Waals surface area contributed by atoms with Crippen molar-refractivity contribution in [1.82, 2.24) is 0 Å². The maximum Gasteiger partial charge on any atom is 0.404 e. The first kappa shape index (κ1) is 18.6. The first-order chi connectivity index (χ1) is 13.7. The molecule has 0 aromatic heterocycles. The molecule has 7 nitrogen and oxygen atoms in total. The van der Waals surface area contributed by atoms with Gasteiger partial charge in [-0.15, -0.1) is 0 Å². The van der Waals surface area contributed by atoms with Crippen LogP contribution in [0, 0.1) is 11.3 Å². The van der Waals surface area contributed by atoms with E-state index in [1.165, 1.54) is 0 Å². The summed E-state index contributed by atoms with van der Waals surface area (Å²) in [4.78, 5) is 23.7. The van der Waals surface area contributed by atoms with Crippen molar-refractivity contribution >= 4 is 23.0 Å². The highest BCUT2D eigenvalue weighted by molar-refractivity contribution is 6.61. The number of halogens is 1. The first-order valence-corrected chi connectivity index (χ1v) is 10.9. The van der Waals surface area contributed by atoms with Crippen LogP contribution in [0.1, 0.15) is 46.5 Å². The molecule has 2 saturated carbocycles. The van der Waals surface area contributed by atoms with Gasteiger partial charge in [0.25, 0.3) is 0 Å². The Bertz CT molecular complexity index is 856. The van der Waals surface area contributed by atoms with E-state index in [1.807, 2.05) is 6.08 Å². The van der Waals surface area contributed by atoms with Crippen LogP contribution in [0.15, 0.2) is 11.6 Å². The van der Waals surface area contributed by atoms with Crippen LogP contribution < -0.4 is 0 Å². The zero-order valence-electron chi connectivity index (χ0n) is 16.7. The van der Waals surface area contributed by atoms with Gasteiger partial charge in [-0.25, -0.2) is 9.59 Å². The Kier molecular flexibility index (Phi) is 3.44. The average Bonchev–Trinajstić information content (AvgIpc) is 3.54. The first-order valence-electron chi connectivity index (χ1n) is 10.5. The predicted octanol–water partition coefficient (Wildman–Crippen LogP) is 2.88. The molecule has 8 atom stereocenters. The number of esters is 1. The van der Waals surface area contributed by atoms with Gasteiger partial charge in [-0.2, -0.15) is 0 Å². The number of rotatable bonds is 5. The molecule has 4 heterocycles. The Hall–Kier alpha value is -1.15. The smallest absolute Gasteiger partial charge is 0.404 e. The van der Waals surface area contributed by atoms with E-state index in [4.69, 9.17) is 35.3 Å². The zero-order chi connectivity index (χ0) is 20.4. The Balaban J connectivity index is 1.37. The number of carbonyl (C=O) groups is 2. The van der Waals surface area contributed by atoms with Crippen molar-refractivity contribution in [3.63, 3.8) is 0 Å². The number of hydrogen-bond donors (Lipinski definition) is 0. The lowest BCUT2D eigenvalue weighted by Crippen LogP contribution is -2.67. The SMILES string of the molecule is CC(C)C12OC1C1OC13C(C)(CCC1=CCOC1=O)CCC1OC13C2OC(=O)Cl. The number of epoxide rings is 3. The number of ether oxygens (including phenoxy) is 5. The molecule has 8 heteroatoms. The molecule has 158 valence electrons. The summed E-state index contributed by atoms with van der Waals surface area (Å²) in [5.41, 5.74) is -2.26. The van der Waals surface area contributed by atoms with Crippen molar-refractivity contribution in [2.24, 2.45) is 11.3 Å². The number of cyclic esters (lactones) is 1. The molecule has 8 unspecified atom stereocenters. The molecule has 6 rings (SSSR count). The third kappa shape index (κ3) is 1.97. The predicted molar refractivity (Wildman–Crippen MR) is 99.4 cm³/mol. The van der Waals surface area contributed by atoms with Gasteiger partial charge in [-0.1, -0.05) is 20.8 Å². The number of hydrogen-bond acceptors (Lipinski definition) is 7. The van der Waals surface area contributed by atoms with E-state index in [9.17, 15) is 9.59 Å². The summed E-state index contributed by atoms with van der Waals surface area (Å²) in [6, 6.07) is 0. The minimum atomic E-state index is -0.840. The van der Waals surface area contributed by atoms with Crippen LogP contribution in [0.4, 0.5) is 4.79 Å². The van der Waals surface area contributed by atoms with Crippen LogP contribution in [0.5, 0.6) is 0 Å². The maximum atomic E-state index is 11.9. The van der Waals surface area contributed by atoms with E-state index >= 15 is 0 Å². The fraction of sp³-hybridized carbons (Fsp3) is 0.810. The molecule has 0 amide bonds. The zero-order valence-corrected chi connectivity index (χ0v) is 17.5. The van der Waals surface area contributed by atoms with Gasteiger partial charge in [-0.3, -0.25) is 0 Å². The van der Waals surface area contributed by atoms with Crippen molar-refractivity contribution in [1.29, 1.82) is 0 Å². The Morgan fingerprint density at radius 1 is 1.31 bits per heavy atom. The minimum Gasteiger partial charge on any atom is -0.458 e. The van der Waals surface area contributed by atoms with Crippen molar-refractivity contribution in [2.75, 3.05) is 6.61 Å². The highest BCUT2D eigenvalue weighted by Gasteiger charge is 3.00. The fourth-order valence-electron chi connectivity index (χ4n) is 6.96. The molecule has 29 heavy (non-hydrogen) atoms. The third-order valence-corrected chi connectivity index (χ3v) is 8.60. The molecule has 4 aliphatic heterocycles. The molecule has 5 fully saturated rings. The Morgan fingerprint density at radius 2 is 2.10 bits per heavy atom. The van der Waals surface area contributed by atoms with Gasteiger partial charge in [0.05, 0.1) is 6.10 Å². The van der Waals surface area contributed by atoms with E-state index in [1.54, 1.807) is 0 Å². The second-order valence-corrected chi connectivity index (χ2v) is 10.2. The maximum absolute atomic E-state index is 11.9. The normalized spacial score (nSPS) is 53.1. The van der Waals surface area contributed by atoms with E-state index in [-0.39, 0.29) is 35.6 Å². The van der Waals surface area contributed by atoms with Crippen molar-refractivity contribution in [2.45, 2.75) is 87.7 Å². The highest BCUT2D eigenvalue weighted by atomic mass is 35.5.